The average Bonchev–Trinajstić information content (AvgIpc) is 2.71. The molecule has 0 N–H and O–H groups in total. The number of halogens is 3. The van der Waals surface area contributed by atoms with Gasteiger partial charge in [0.15, 0.2) is 11.6 Å². The summed E-state index contributed by atoms with van der Waals surface area (Å²) in [7, 11) is 0. The summed E-state index contributed by atoms with van der Waals surface area (Å²) < 4.78 is 42.4. The third-order valence-electron chi connectivity index (χ3n) is 6.98. The molecule has 2 aliphatic rings. The number of hydrogen-bond acceptors (Lipinski definition) is 0. The van der Waals surface area contributed by atoms with E-state index in [1.807, 2.05) is 6.07 Å². The summed E-state index contributed by atoms with van der Waals surface area (Å²) >= 11 is 0. The molecule has 1 fully saturated rings. The van der Waals surface area contributed by atoms with Crippen LogP contribution in [-0.2, 0) is 12.8 Å². The Labute approximate surface area is 166 Å². The summed E-state index contributed by atoms with van der Waals surface area (Å²) in [5.41, 5.74) is 3.13. The molecule has 1 atom stereocenters. The molecule has 0 saturated heterocycles. The van der Waals surface area contributed by atoms with Crippen molar-refractivity contribution in [3.05, 3.63) is 70.0 Å². The highest BCUT2D eigenvalue weighted by Crippen LogP contribution is 2.40. The van der Waals surface area contributed by atoms with Gasteiger partial charge in [-0.3, -0.25) is 0 Å². The lowest BCUT2D eigenvalue weighted by Crippen LogP contribution is -2.17. The molecular formula is C25H29F3. The normalized spacial score (nSPS) is 24.8. The van der Waals surface area contributed by atoms with Gasteiger partial charge >= 0.3 is 0 Å². The van der Waals surface area contributed by atoms with Crippen molar-refractivity contribution in [2.75, 3.05) is 0 Å². The molecule has 2 aliphatic carbocycles. The molecule has 0 radical (unpaired) electrons. The van der Waals surface area contributed by atoms with Crippen molar-refractivity contribution in [1.29, 1.82) is 0 Å². The van der Waals surface area contributed by atoms with E-state index in [1.54, 1.807) is 12.1 Å². The summed E-state index contributed by atoms with van der Waals surface area (Å²) in [4.78, 5) is 0. The van der Waals surface area contributed by atoms with Crippen LogP contribution in [0, 0.1) is 23.4 Å². The van der Waals surface area contributed by atoms with Crippen molar-refractivity contribution in [2.24, 2.45) is 5.92 Å². The minimum Gasteiger partial charge on any atom is -0.207 e. The lowest BCUT2D eigenvalue weighted by atomic mass is 9.76. The van der Waals surface area contributed by atoms with Gasteiger partial charge in [-0.25, -0.2) is 13.2 Å². The van der Waals surface area contributed by atoms with Gasteiger partial charge in [0, 0.05) is 0 Å². The van der Waals surface area contributed by atoms with E-state index in [-0.39, 0.29) is 11.7 Å². The molecule has 0 aromatic heterocycles. The van der Waals surface area contributed by atoms with Gasteiger partial charge < -0.3 is 0 Å². The second kappa shape index (κ2) is 8.31. The van der Waals surface area contributed by atoms with Crippen LogP contribution in [0.3, 0.4) is 0 Å². The quantitative estimate of drug-likeness (QED) is 0.512. The molecule has 150 valence electrons. The maximum atomic E-state index is 15.0. The van der Waals surface area contributed by atoms with E-state index in [0.29, 0.717) is 30.7 Å². The van der Waals surface area contributed by atoms with Crippen LogP contribution >= 0.6 is 0 Å². The minimum atomic E-state index is -0.790. The van der Waals surface area contributed by atoms with Crippen LogP contribution in [0.2, 0.25) is 0 Å². The van der Waals surface area contributed by atoms with E-state index < -0.39 is 11.6 Å². The van der Waals surface area contributed by atoms with Crippen LogP contribution in [0.4, 0.5) is 13.2 Å². The molecular weight excluding hydrogens is 357 g/mol. The smallest absolute Gasteiger partial charge is 0.162 e. The standard InChI is InChI=1S/C25H29F3/c1-2-3-16-4-6-17(7-5-16)18-8-11-21(24(27)15-18)19-9-12-22-20(14-19)10-13-23(26)25(22)28/h8,10-11,13,15-17,19H,2-7,9,12,14H2,1H3. The third-order valence-corrected chi connectivity index (χ3v) is 6.98. The molecule has 2 aromatic carbocycles. The summed E-state index contributed by atoms with van der Waals surface area (Å²) in [6, 6.07) is 8.62. The highest BCUT2D eigenvalue weighted by Gasteiger charge is 2.27. The van der Waals surface area contributed by atoms with E-state index in [2.05, 4.69) is 13.0 Å². The first-order chi connectivity index (χ1) is 13.6. The average molecular weight is 387 g/mol. The SMILES string of the molecule is CCCC1CCC(c2ccc(C3CCc4c(ccc(F)c4F)C3)c(F)c2)CC1. The van der Waals surface area contributed by atoms with E-state index in [0.717, 1.165) is 35.4 Å². The van der Waals surface area contributed by atoms with Crippen molar-refractivity contribution >= 4 is 0 Å². The third kappa shape index (κ3) is 3.86. The molecule has 0 aliphatic heterocycles. The zero-order valence-electron chi connectivity index (χ0n) is 16.6. The molecule has 4 rings (SSSR count). The van der Waals surface area contributed by atoms with Gasteiger partial charge in [-0.1, -0.05) is 38.0 Å². The molecule has 2 aromatic rings. The van der Waals surface area contributed by atoms with Crippen LogP contribution in [0.25, 0.3) is 0 Å². The van der Waals surface area contributed by atoms with Crippen molar-refractivity contribution in [1.82, 2.24) is 0 Å². The maximum Gasteiger partial charge on any atom is 0.162 e. The van der Waals surface area contributed by atoms with Crippen LogP contribution < -0.4 is 0 Å². The monoisotopic (exact) mass is 386 g/mol. The fourth-order valence-corrected chi connectivity index (χ4v) is 5.37. The molecule has 0 amide bonds. The van der Waals surface area contributed by atoms with Crippen LogP contribution in [0.15, 0.2) is 30.3 Å². The Bertz CT molecular complexity index is 834. The zero-order valence-corrected chi connectivity index (χ0v) is 16.6. The van der Waals surface area contributed by atoms with Crippen molar-refractivity contribution in [2.45, 2.75) is 76.5 Å². The molecule has 1 unspecified atom stereocenters. The van der Waals surface area contributed by atoms with Crippen molar-refractivity contribution in [3.63, 3.8) is 0 Å². The maximum absolute atomic E-state index is 15.0. The van der Waals surface area contributed by atoms with Crippen molar-refractivity contribution in [3.8, 4) is 0 Å². The van der Waals surface area contributed by atoms with Gasteiger partial charge in [-0.15, -0.1) is 0 Å². The number of fused-ring (bicyclic) bond motifs is 1. The lowest BCUT2D eigenvalue weighted by molar-refractivity contribution is 0.308. The van der Waals surface area contributed by atoms with Crippen LogP contribution in [0.1, 0.15) is 86.0 Å². The second-order valence-electron chi connectivity index (χ2n) is 8.73. The van der Waals surface area contributed by atoms with E-state index in [9.17, 15) is 13.2 Å². The highest BCUT2D eigenvalue weighted by molar-refractivity contribution is 5.37. The molecule has 0 bridgehead atoms. The Balaban J connectivity index is 1.47. The first-order valence-corrected chi connectivity index (χ1v) is 10.8. The van der Waals surface area contributed by atoms with Gasteiger partial charge in [0.05, 0.1) is 0 Å². The first-order valence-electron chi connectivity index (χ1n) is 10.8. The fraction of sp³-hybridized carbons (Fsp3) is 0.520. The highest BCUT2D eigenvalue weighted by atomic mass is 19.2. The van der Waals surface area contributed by atoms with Gasteiger partial charge in [-0.05, 0) is 97.1 Å². The van der Waals surface area contributed by atoms with Gasteiger partial charge in [0.25, 0.3) is 0 Å². The number of hydrogen-bond donors (Lipinski definition) is 0. The molecule has 3 heteroatoms. The van der Waals surface area contributed by atoms with Gasteiger partial charge in [0.1, 0.15) is 5.82 Å². The Morgan fingerprint density at radius 2 is 1.64 bits per heavy atom. The summed E-state index contributed by atoms with van der Waals surface area (Å²) in [5.74, 6) is -0.304. The van der Waals surface area contributed by atoms with E-state index in [4.69, 9.17) is 0 Å². The Kier molecular flexibility index (Phi) is 5.80. The fourth-order valence-electron chi connectivity index (χ4n) is 5.37. The molecule has 0 nitrogen and oxygen atoms in total. The molecule has 28 heavy (non-hydrogen) atoms. The predicted molar refractivity (Wildman–Crippen MR) is 107 cm³/mol. The van der Waals surface area contributed by atoms with Gasteiger partial charge in [-0.2, -0.15) is 0 Å². The zero-order chi connectivity index (χ0) is 19.7. The molecule has 1 saturated carbocycles. The Morgan fingerprint density at radius 1 is 0.857 bits per heavy atom. The summed E-state index contributed by atoms with van der Waals surface area (Å²) in [6.45, 7) is 2.24. The second-order valence-corrected chi connectivity index (χ2v) is 8.73. The minimum absolute atomic E-state index is 0.0340. The largest absolute Gasteiger partial charge is 0.207 e. The summed E-state index contributed by atoms with van der Waals surface area (Å²) in [5, 5.41) is 0. The summed E-state index contributed by atoms with van der Waals surface area (Å²) in [6.07, 6.45) is 9.08. The van der Waals surface area contributed by atoms with E-state index >= 15 is 0 Å². The molecule has 0 spiro atoms. The lowest BCUT2D eigenvalue weighted by Gasteiger charge is -2.29. The predicted octanol–water partition coefficient (Wildman–Crippen LogP) is 7.45. The van der Waals surface area contributed by atoms with E-state index in [1.165, 1.54) is 31.7 Å². The topological polar surface area (TPSA) is 0 Å². The number of rotatable bonds is 4. The van der Waals surface area contributed by atoms with Crippen molar-refractivity contribution < 1.29 is 13.2 Å². The first kappa shape index (κ1) is 19.5. The number of benzene rings is 2. The van der Waals surface area contributed by atoms with Gasteiger partial charge in [0.2, 0.25) is 0 Å². The Hall–Kier alpha value is -1.77. The van der Waals surface area contributed by atoms with Crippen LogP contribution in [-0.4, -0.2) is 0 Å². The Morgan fingerprint density at radius 3 is 2.36 bits per heavy atom. The van der Waals surface area contributed by atoms with Crippen LogP contribution in [0.5, 0.6) is 0 Å². The molecule has 0 heterocycles.